The predicted molar refractivity (Wildman–Crippen MR) is 176 cm³/mol. The molecule has 0 unspecified atom stereocenters. The lowest BCUT2D eigenvalue weighted by atomic mass is 9.43. The van der Waals surface area contributed by atoms with Crippen LogP contribution in [-0.2, 0) is 5.41 Å². The van der Waals surface area contributed by atoms with Crippen LogP contribution in [0, 0.1) is 10.8 Å². The fraction of sp³-hybridized carbons (Fsp3) is 0.886. The molecule has 8 nitrogen and oxygen atoms in total. The van der Waals surface area contributed by atoms with Crippen molar-refractivity contribution < 1.29 is 0 Å². The van der Waals surface area contributed by atoms with Gasteiger partial charge in [0.25, 0.3) is 0 Å². The minimum absolute atomic E-state index is 0.120. The number of nitrogens with zero attached hydrogens (tertiary/aromatic N) is 7. The van der Waals surface area contributed by atoms with E-state index in [4.69, 9.17) is 20.1 Å². The number of aromatic nitrogens is 3. The SMILES string of the molecule is CC(C)(C)CC(C)(C)Nc1nc2nc(n1)C21C(=NN2C(C)(C)CCCC2(C)C)C(C)(C)N([N])C(C)(C)C12CCCCCC2. The van der Waals surface area contributed by atoms with Crippen molar-refractivity contribution in [3.63, 3.8) is 0 Å². The van der Waals surface area contributed by atoms with Crippen LogP contribution in [0.3, 0.4) is 0 Å². The van der Waals surface area contributed by atoms with Crippen LogP contribution in [0.25, 0.3) is 0 Å². The van der Waals surface area contributed by atoms with E-state index in [1.54, 1.807) is 5.01 Å². The fourth-order valence-electron chi connectivity index (χ4n) is 10.1. The molecule has 43 heavy (non-hydrogen) atoms. The molecule has 5 heterocycles. The second-order valence-corrected chi connectivity index (χ2v) is 18.5. The molecule has 0 amide bonds. The standard InChI is InChI=1S/C35H60N8/c1-28(2,3)23-29(4,5)40-27-38-25-35(26(37-25)39-27)24(41-43-30(6,7)19-18-20-31(43,8)9)32(10,11)42(36)33(12,13)34(35)21-16-14-15-17-22-34/h14-23H2,1-13H3,(H,37,38,39,40). The predicted octanol–water partition coefficient (Wildman–Crippen LogP) is 7.69. The molecule has 1 N–H and O–H groups in total. The summed E-state index contributed by atoms with van der Waals surface area (Å²) in [4.78, 5) is 15.6. The summed E-state index contributed by atoms with van der Waals surface area (Å²) in [6.07, 6.45) is 10.9. The van der Waals surface area contributed by atoms with Crippen molar-refractivity contribution in [3.05, 3.63) is 11.6 Å². The highest BCUT2D eigenvalue weighted by Gasteiger charge is 2.77. The first kappa shape index (κ1) is 32.6. The number of rotatable bonds is 4. The summed E-state index contributed by atoms with van der Waals surface area (Å²) in [7, 11) is 0. The van der Waals surface area contributed by atoms with E-state index in [1.807, 2.05) is 0 Å². The van der Waals surface area contributed by atoms with Crippen molar-refractivity contribution >= 4 is 11.7 Å². The van der Waals surface area contributed by atoms with E-state index < -0.39 is 16.5 Å². The maximum atomic E-state index is 12.3. The lowest BCUT2D eigenvalue weighted by Gasteiger charge is -2.69. The van der Waals surface area contributed by atoms with Crippen LogP contribution in [0.5, 0.6) is 0 Å². The Morgan fingerprint density at radius 3 is 1.74 bits per heavy atom. The summed E-state index contributed by atoms with van der Waals surface area (Å²) in [5.74, 6) is 14.6. The molecule has 0 aromatic carbocycles. The van der Waals surface area contributed by atoms with Crippen LogP contribution in [0.2, 0.25) is 0 Å². The first-order chi connectivity index (χ1) is 19.5. The molecule has 1 aliphatic carbocycles. The Morgan fingerprint density at radius 1 is 0.744 bits per heavy atom. The molecule has 2 spiro atoms. The van der Waals surface area contributed by atoms with Gasteiger partial charge in [-0.15, -0.1) is 0 Å². The van der Waals surface area contributed by atoms with Crippen molar-refractivity contribution in [2.75, 3.05) is 5.32 Å². The summed E-state index contributed by atoms with van der Waals surface area (Å²) in [6, 6.07) is 0. The zero-order valence-electron chi connectivity index (χ0n) is 29.7. The van der Waals surface area contributed by atoms with Crippen molar-refractivity contribution in [3.8, 4) is 0 Å². The average Bonchev–Trinajstić information content (AvgIpc) is 3.09. The Kier molecular flexibility index (Phi) is 7.46. The number of nitrogens with one attached hydrogen (secondary N) is 1. The van der Waals surface area contributed by atoms with E-state index in [2.05, 4.69) is 100 Å². The van der Waals surface area contributed by atoms with Crippen LogP contribution >= 0.6 is 0 Å². The smallest absolute Gasteiger partial charge is 0.226 e. The Labute approximate surface area is 262 Å². The van der Waals surface area contributed by atoms with Gasteiger partial charge in [-0.25, -0.2) is 4.98 Å². The highest BCUT2D eigenvalue weighted by molar-refractivity contribution is 6.06. The van der Waals surface area contributed by atoms with Crippen LogP contribution in [-0.4, -0.2) is 58.4 Å². The van der Waals surface area contributed by atoms with Gasteiger partial charge in [0.15, 0.2) is 11.6 Å². The maximum Gasteiger partial charge on any atom is 0.226 e. The van der Waals surface area contributed by atoms with Gasteiger partial charge >= 0.3 is 0 Å². The van der Waals surface area contributed by atoms with E-state index in [-0.39, 0.29) is 27.4 Å². The van der Waals surface area contributed by atoms with Gasteiger partial charge in [0.2, 0.25) is 5.95 Å². The highest BCUT2D eigenvalue weighted by atomic mass is 15.6. The molecule has 1 saturated carbocycles. The van der Waals surface area contributed by atoms with Crippen molar-refractivity contribution in [1.82, 2.24) is 30.8 Å². The number of anilines is 1. The second-order valence-electron chi connectivity index (χ2n) is 18.5. The zero-order valence-corrected chi connectivity index (χ0v) is 29.7. The van der Waals surface area contributed by atoms with E-state index in [1.165, 1.54) is 19.3 Å². The Bertz CT molecular complexity index is 1220. The lowest BCUT2D eigenvalue weighted by Crippen LogP contribution is -2.82. The number of fused-ring (bicyclic) bond motifs is 2. The van der Waals surface area contributed by atoms with Crippen LogP contribution in [0.4, 0.5) is 5.95 Å². The molecule has 0 atom stereocenters. The van der Waals surface area contributed by atoms with Crippen molar-refractivity contribution in [1.29, 1.82) is 0 Å². The van der Waals surface area contributed by atoms with Gasteiger partial charge in [-0.3, -0.25) is 5.01 Å². The zero-order chi connectivity index (χ0) is 32.1. The number of hydrogen-bond donors (Lipinski definition) is 1. The Hall–Kier alpha value is -1.80. The molecule has 5 aliphatic rings. The van der Waals surface area contributed by atoms with E-state index in [0.717, 1.165) is 62.3 Å². The summed E-state index contributed by atoms with van der Waals surface area (Å²) in [5, 5.41) is 13.4. The van der Waals surface area contributed by atoms with Crippen molar-refractivity contribution in [2.45, 2.75) is 187 Å². The minimum Gasteiger partial charge on any atom is -0.349 e. The minimum atomic E-state index is -0.765. The molecule has 1 aromatic rings. The van der Waals surface area contributed by atoms with Gasteiger partial charge < -0.3 is 5.32 Å². The molecule has 2 bridgehead atoms. The third-order valence-corrected chi connectivity index (χ3v) is 11.5. The molecule has 1 aromatic heterocycles. The summed E-state index contributed by atoms with van der Waals surface area (Å²) < 4.78 is 0. The third kappa shape index (κ3) is 4.83. The number of hydrogen-bond acceptors (Lipinski definition) is 7. The van der Waals surface area contributed by atoms with Crippen molar-refractivity contribution in [2.24, 2.45) is 15.9 Å². The third-order valence-electron chi connectivity index (χ3n) is 11.5. The summed E-state index contributed by atoms with van der Waals surface area (Å²) in [6.45, 7) is 29.3. The second kappa shape index (κ2) is 9.85. The van der Waals surface area contributed by atoms with E-state index >= 15 is 0 Å². The van der Waals surface area contributed by atoms with Gasteiger partial charge in [0.05, 0.1) is 22.3 Å². The Balaban J connectivity index is 1.75. The maximum absolute atomic E-state index is 12.3. The highest BCUT2D eigenvalue weighted by Crippen LogP contribution is 2.67. The van der Waals surface area contributed by atoms with Gasteiger partial charge in [-0.1, -0.05) is 46.5 Å². The first-order valence-corrected chi connectivity index (χ1v) is 17.0. The molecule has 4 aliphatic heterocycles. The molecule has 3 fully saturated rings. The lowest BCUT2D eigenvalue weighted by molar-refractivity contribution is -0.122. The number of piperidine rings is 2. The molecule has 240 valence electrons. The summed E-state index contributed by atoms with van der Waals surface area (Å²) in [5.41, 5.74) is -1.63. The molecule has 2 saturated heterocycles. The quantitative estimate of drug-likeness (QED) is 0.385. The first-order valence-electron chi connectivity index (χ1n) is 17.0. The molecule has 6 rings (SSSR count). The van der Waals surface area contributed by atoms with Crippen LogP contribution < -0.4 is 11.2 Å². The number of hydrazone groups is 1. The van der Waals surface area contributed by atoms with E-state index in [9.17, 15) is 5.84 Å². The van der Waals surface area contributed by atoms with E-state index in [0.29, 0.717) is 5.95 Å². The molecular weight excluding hydrogens is 532 g/mol. The normalized spacial score (nSPS) is 28.0. The molecule has 2 radical (unpaired) electrons. The topological polar surface area (TPSA) is 91.8 Å². The molecule has 8 heteroatoms. The largest absolute Gasteiger partial charge is 0.349 e. The summed E-state index contributed by atoms with van der Waals surface area (Å²) >= 11 is 0. The van der Waals surface area contributed by atoms with Crippen LogP contribution in [0.15, 0.2) is 5.10 Å². The molecular formula is C35H60N8. The van der Waals surface area contributed by atoms with Gasteiger partial charge in [-0.05, 0) is 119 Å². The average molecular weight is 593 g/mol. The van der Waals surface area contributed by atoms with Gasteiger partial charge in [0, 0.05) is 16.5 Å². The van der Waals surface area contributed by atoms with Gasteiger partial charge in [0.1, 0.15) is 5.41 Å². The fourth-order valence-corrected chi connectivity index (χ4v) is 10.1. The monoisotopic (exact) mass is 592 g/mol. The Morgan fingerprint density at radius 2 is 1.26 bits per heavy atom. The van der Waals surface area contributed by atoms with Gasteiger partial charge in [-0.2, -0.15) is 20.1 Å². The van der Waals surface area contributed by atoms with Crippen LogP contribution in [0.1, 0.15) is 166 Å².